The fourth-order valence-electron chi connectivity index (χ4n) is 2.25. The van der Waals surface area contributed by atoms with Crippen molar-refractivity contribution in [1.29, 1.82) is 0 Å². The minimum absolute atomic E-state index is 0.307. The molecule has 1 aromatic carbocycles. The fourth-order valence-corrected chi connectivity index (χ4v) is 2.51. The van der Waals surface area contributed by atoms with Gasteiger partial charge in [-0.2, -0.15) is 0 Å². The number of carbonyl (C=O) groups excluding carboxylic acids is 1. The monoisotopic (exact) mass is 385 g/mol. The van der Waals surface area contributed by atoms with E-state index in [1.54, 1.807) is 29.5 Å². The summed E-state index contributed by atoms with van der Waals surface area (Å²) < 4.78 is 8.07. The summed E-state index contributed by atoms with van der Waals surface area (Å²) in [4.78, 5) is 20.1. The maximum atomic E-state index is 12.0. The first kappa shape index (κ1) is 16.4. The molecular weight excluding hydrogens is 370 g/mol. The third kappa shape index (κ3) is 4.29. The van der Waals surface area contributed by atoms with Crippen molar-refractivity contribution in [2.24, 2.45) is 0 Å². The highest BCUT2D eigenvalue weighted by atomic mass is 79.9. The van der Waals surface area contributed by atoms with Crippen molar-refractivity contribution < 1.29 is 9.53 Å². The fraction of sp³-hybridized carbons (Fsp3) is 0.167. The Kier molecular flexibility index (Phi) is 5.38. The number of hydrogen-bond acceptors (Lipinski definition) is 4. The average Bonchev–Trinajstić information content (AvgIpc) is 3.10. The number of halogens is 1. The molecule has 6 heteroatoms. The van der Waals surface area contributed by atoms with E-state index in [1.807, 2.05) is 36.4 Å². The van der Waals surface area contributed by atoms with Gasteiger partial charge in [0.25, 0.3) is 0 Å². The molecule has 2 heterocycles. The van der Waals surface area contributed by atoms with Crippen molar-refractivity contribution in [2.75, 3.05) is 6.61 Å². The smallest absolute Gasteiger partial charge is 0.358 e. The van der Waals surface area contributed by atoms with Gasteiger partial charge < -0.3 is 9.30 Å². The van der Waals surface area contributed by atoms with E-state index in [-0.39, 0.29) is 0 Å². The van der Waals surface area contributed by atoms with Crippen molar-refractivity contribution in [1.82, 2.24) is 14.5 Å². The lowest BCUT2D eigenvalue weighted by atomic mass is 10.1. The number of aryl methyl sites for hydroxylation is 1. The second-order valence-corrected chi connectivity index (χ2v) is 6.15. The number of pyridine rings is 1. The Morgan fingerprint density at radius 1 is 1.12 bits per heavy atom. The number of rotatable bonds is 6. The van der Waals surface area contributed by atoms with Gasteiger partial charge in [0.05, 0.1) is 6.61 Å². The Morgan fingerprint density at radius 3 is 2.62 bits per heavy atom. The van der Waals surface area contributed by atoms with Gasteiger partial charge in [0.1, 0.15) is 6.33 Å². The minimum atomic E-state index is -0.402. The summed E-state index contributed by atoms with van der Waals surface area (Å²) in [6, 6.07) is 11.7. The van der Waals surface area contributed by atoms with Crippen LogP contribution >= 0.6 is 15.9 Å². The summed E-state index contributed by atoms with van der Waals surface area (Å²) in [5.41, 5.74) is 2.42. The highest BCUT2D eigenvalue weighted by Gasteiger charge is 2.11. The van der Waals surface area contributed by atoms with Crippen LogP contribution in [0.25, 0.3) is 5.69 Å². The molecule has 122 valence electrons. The number of esters is 1. The van der Waals surface area contributed by atoms with Gasteiger partial charge in [-0.25, -0.2) is 9.78 Å². The summed E-state index contributed by atoms with van der Waals surface area (Å²) in [7, 11) is 0. The van der Waals surface area contributed by atoms with Crippen molar-refractivity contribution in [3.05, 3.63) is 77.0 Å². The number of aromatic nitrogens is 3. The molecule has 0 radical (unpaired) electrons. The van der Waals surface area contributed by atoms with Crippen LogP contribution < -0.4 is 0 Å². The number of hydrogen-bond donors (Lipinski definition) is 0. The first-order chi connectivity index (χ1) is 11.7. The molecule has 0 atom stereocenters. The second kappa shape index (κ2) is 7.88. The molecule has 3 rings (SSSR count). The SMILES string of the molecule is O=C(OCCCc1ccncc1)c1cn(-c2ccc(Br)cc2)cn1. The van der Waals surface area contributed by atoms with Crippen molar-refractivity contribution >= 4 is 21.9 Å². The van der Waals surface area contributed by atoms with Crippen LogP contribution in [0.15, 0.2) is 65.8 Å². The van der Waals surface area contributed by atoms with Gasteiger partial charge in [0.2, 0.25) is 0 Å². The molecule has 0 saturated carbocycles. The zero-order valence-corrected chi connectivity index (χ0v) is 14.5. The largest absolute Gasteiger partial charge is 0.461 e. The Labute approximate surface area is 148 Å². The van der Waals surface area contributed by atoms with Crippen LogP contribution in [0.3, 0.4) is 0 Å². The molecule has 3 aromatic rings. The molecule has 24 heavy (non-hydrogen) atoms. The molecule has 0 aliphatic carbocycles. The van der Waals surface area contributed by atoms with Crippen LogP contribution in [0.4, 0.5) is 0 Å². The zero-order valence-electron chi connectivity index (χ0n) is 12.9. The number of nitrogens with zero attached hydrogens (tertiary/aromatic N) is 3. The van der Waals surface area contributed by atoms with Crippen LogP contribution in [0.5, 0.6) is 0 Å². The van der Waals surface area contributed by atoms with Gasteiger partial charge in [0, 0.05) is 28.8 Å². The minimum Gasteiger partial charge on any atom is -0.461 e. The maximum absolute atomic E-state index is 12.0. The van der Waals surface area contributed by atoms with E-state index >= 15 is 0 Å². The summed E-state index contributed by atoms with van der Waals surface area (Å²) in [6.45, 7) is 0.367. The van der Waals surface area contributed by atoms with E-state index in [9.17, 15) is 4.79 Å². The lowest BCUT2D eigenvalue weighted by Gasteiger charge is -2.03. The highest BCUT2D eigenvalue weighted by molar-refractivity contribution is 9.10. The van der Waals surface area contributed by atoms with E-state index in [2.05, 4.69) is 25.9 Å². The summed E-state index contributed by atoms with van der Waals surface area (Å²) in [5, 5.41) is 0. The molecule has 0 amide bonds. The third-order valence-corrected chi connectivity index (χ3v) is 4.04. The lowest BCUT2D eigenvalue weighted by Crippen LogP contribution is -2.07. The summed E-state index contributed by atoms with van der Waals surface area (Å²) in [5.74, 6) is -0.402. The number of imidazole rings is 1. The number of benzene rings is 1. The highest BCUT2D eigenvalue weighted by Crippen LogP contribution is 2.14. The van der Waals surface area contributed by atoms with Gasteiger partial charge in [-0.15, -0.1) is 0 Å². The Hall–Kier alpha value is -2.47. The second-order valence-electron chi connectivity index (χ2n) is 5.24. The summed E-state index contributed by atoms with van der Waals surface area (Å²) in [6.07, 6.45) is 8.42. The first-order valence-electron chi connectivity index (χ1n) is 7.58. The molecule has 5 nitrogen and oxygen atoms in total. The van der Waals surface area contributed by atoms with E-state index < -0.39 is 5.97 Å². The van der Waals surface area contributed by atoms with Crippen molar-refractivity contribution in [2.45, 2.75) is 12.8 Å². The van der Waals surface area contributed by atoms with Gasteiger partial charge in [0.15, 0.2) is 5.69 Å². The van der Waals surface area contributed by atoms with Crippen LogP contribution in [0.2, 0.25) is 0 Å². The number of ether oxygens (including phenoxy) is 1. The summed E-state index contributed by atoms with van der Waals surface area (Å²) >= 11 is 3.40. The quantitative estimate of drug-likeness (QED) is 0.478. The predicted molar refractivity (Wildman–Crippen MR) is 94.1 cm³/mol. The van der Waals surface area contributed by atoms with E-state index in [0.29, 0.717) is 12.3 Å². The van der Waals surface area contributed by atoms with Crippen LogP contribution in [-0.4, -0.2) is 27.1 Å². The van der Waals surface area contributed by atoms with Gasteiger partial charge in [-0.3, -0.25) is 4.98 Å². The van der Waals surface area contributed by atoms with Crippen molar-refractivity contribution in [3.63, 3.8) is 0 Å². The van der Waals surface area contributed by atoms with Crippen molar-refractivity contribution in [3.8, 4) is 5.69 Å². The molecule has 0 aliphatic heterocycles. The Balaban J connectivity index is 1.51. The maximum Gasteiger partial charge on any atom is 0.358 e. The van der Waals surface area contributed by atoms with Crippen LogP contribution in [0.1, 0.15) is 22.5 Å². The average molecular weight is 386 g/mol. The third-order valence-electron chi connectivity index (χ3n) is 3.51. The Morgan fingerprint density at radius 2 is 1.88 bits per heavy atom. The van der Waals surface area contributed by atoms with E-state index in [1.165, 1.54) is 5.56 Å². The predicted octanol–water partition coefficient (Wildman–Crippen LogP) is 3.82. The zero-order chi connectivity index (χ0) is 16.8. The van der Waals surface area contributed by atoms with E-state index in [0.717, 1.165) is 23.0 Å². The molecule has 0 bridgehead atoms. The van der Waals surface area contributed by atoms with Gasteiger partial charge in [-0.05, 0) is 54.8 Å². The van der Waals surface area contributed by atoms with Gasteiger partial charge in [-0.1, -0.05) is 15.9 Å². The van der Waals surface area contributed by atoms with Crippen LogP contribution in [0, 0.1) is 0 Å². The first-order valence-corrected chi connectivity index (χ1v) is 8.37. The topological polar surface area (TPSA) is 57.0 Å². The molecule has 0 N–H and O–H groups in total. The molecule has 0 unspecified atom stereocenters. The number of carbonyl (C=O) groups is 1. The molecule has 0 saturated heterocycles. The molecule has 0 aliphatic rings. The molecule has 2 aromatic heterocycles. The molecule has 0 spiro atoms. The molecular formula is C18H16BrN3O2. The lowest BCUT2D eigenvalue weighted by molar-refractivity contribution is 0.0494. The normalized spacial score (nSPS) is 10.5. The van der Waals surface area contributed by atoms with Crippen LogP contribution in [-0.2, 0) is 11.2 Å². The standard InChI is InChI=1S/C18H16BrN3O2/c19-15-3-5-16(6-4-15)22-12-17(21-13-22)18(23)24-11-1-2-14-7-9-20-10-8-14/h3-10,12-13H,1-2,11H2. The van der Waals surface area contributed by atoms with Gasteiger partial charge >= 0.3 is 5.97 Å². The molecule has 0 fully saturated rings. The van der Waals surface area contributed by atoms with E-state index in [4.69, 9.17) is 4.74 Å². The Bertz CT molecular complexity index is 801.